The molecule has 1 amide bonds. The van der Waals surface area contributed by atoms with E-state index in [2.05, 4.69) is 18.7 Å². The molecule has 0 saturated carbocycles. The van der Waals surface area contributed by atoms with Crippen LogP contribution in [0, 0.1) is 0 Å². The number of nitrogens with zero attached hydrogens (tertiary/aromatic N) is 1. The summed E-state index contributed by atoms with van der Waals surface area (Å²) in [4.78, 5) is 9.20. The molecule has 5 heavy (non-hydrogen) atoms. The van der Waals surface area contributed by atoms with Crippen LogP contribution in [0.4, 0.5) is 0 Å². The first kappa shape index (κ1) is 4.94. The second-order valence-electron chi connectivity index (χ2n) is 0.465. The van der Waals surface area contributed by atoms with Gasteiger partial charge in [0.1, 0.15) is 0 Å². The summed E-state index contributed by atoms with van der Waals surface area (Å²) in [6.07, 6.45) is 0.343. The van der Waals surface area contributed by atoms with Crippen molar-refractivity contribution in [3.05, 3.63) is 0 Å². The van der Waals surface area contributed by atoms with E-state index in [0.717, 1.165) is 0 Å². The van der Waals surface area contributed by atoms with Crippen LogP contribution in [0.5, 0.6) is 0 Å². The van der Waals surface area contributed by atoms with E-state index in [1.807, 2.05) is 0 Å². The molecule has 0 spiro atoms. The molecule has 0 heterocycles. The molecule has 0 aromatic carbocycles. The van der Waals surface area contributed by atoms with Crippen LogP contribution in [0.1, 0.15) is 0 Å². The van der Waals surface area contributed by atoms with Crippen LogP contribution in [0.25, 0.3) is 0 Å². The largest absolute Gasteiger partial charge is 0.385 e. The minimum Gasteiger partial charge on any atom is -0.225 e. The topological polar surface area (TPSA) is 49.0 Å². The highest BCUT2D eigenvalue weighted by molar-refractivity contribution is 7.79. The molecule has 0 rings (SSSR count). The maximum absolute atomic E-state index is 9.20. The molecular formula is CH3N2OS+. The summed E-state index contributed by atoms with van der Waals surface area (Å²) in [6, 6.07) is 0. The molecule has 2 radical (unpaired) electrons. The molecule has 0 aliphatic carbocycles. The molecule has 0 saturated heterocycles. The molecule has 4 heteroatoms. The SMILES string of the molecule is N[N+]([S])C=O. The highest BCUT2D eigenvalue weighted by Crippen LogP contribution is 1.59. The van der Waals surface area contributed by atoms with E-state index in [1.165, 1.54) is 0 Å². The lowest BCUT2D eigenvalue weighted by molar-refractivity contribution is -0.110. The van der Waals surface area contributed by atoms with Gasteiger partial charge in [-0.05, 0) is 0 Å². The predicted molar refractivity (Wildman–Crippen MR) is 20.0 cm³/mol. The van der Waals surface area contributed by atoms with Crippen molar-refractivity contribution in [1.82, 2.24) is 4.41 Å². The van der Waals surface area contributed by atoms with E-state index in [4.69, 9.17) is 0 Å². The quantitative estimate of drug-likeness (QED) is 0.152. The molecule has 0 aromatic rings. The summed E-state index contributed by atoms with van der Waals surface area (Å²) in [6.45, 7) is 0. The molecule has 0 aliphatic heterocycles. The summed E-state index contributed by atoms with van der Waals surface area (Å²) >= 11 is 4.02. The first-order valence-corrected chi connectivity index (χ1v) is 1.30. The fourth-order valence-corrected chi connectivity index (χ4v) is 0. The molecule has 3 nitrogen and oxygen atoms in total. The Kier molecular flexibility index (Phi) is 2.17. The second-order valence-corrected chi connectivity index (χ2v) is 0.887. The van der Waals surface area contributed by atoms with Crippen molar-refractivity contribution in [1.29, 1.82) is 0 Å². The number of carbonyl (C=O) groups is 1. The van der Waals surface area contributed by atoms with Crippen molar-refractivity contribution in [3.63, 3.8) is 0 Å². The molecule has 28 valence electrons. The first-order valence-electron chi connectivity index (χ1n) is 0.935. The summed E-state index contributed by atoms with van der Waals surface area (Å²) in [5.74, 6) is 4.57. The van der Waals surface area contributed by atoms with Gasteiger partial charge in [0.05, 0.1) is 4.41 Å². The van der Waals surface area contributed by atoms with E-state index in [1.54, 1.807) is 0 Å². The van der Waals surface area contributed by atoms with E-state index in [-0.39, 0.29) is 0 Å². The monoisotopic (exact) mass is 91.0 g/mol. The van der Waals surface area contributed by atoms with Crippen LogP contribution >= 0.6 is 12.8 Å². The Morgan fingerprint density at radius 2 is 2.20 bits per heavy atom. The van der Waals surface area contributed by atoms with Crippen molar-refractivity contribution >= 4 is 19.2 Å². The number of carbonyl (C=O) groups excluding carboxylic acids is 1. The molecule has 0 bridgehead atoms. The number of hydrogen-bond acceptors (Lipinski definition) is 2. The zero-order valence-electron chi connectivity index (χ0n) is 2.42. The highest BCUT2D eigenvalue weighted by atomic mass is 32.1. The van der Waals surface area contributed by atoms with Gasteiger partial charge in [0.15, 0.2) is 0 Å². The summed E-state index contributed by atoms with van der Waals surface area (Å²) < 4.78 is 0.528. The van der Waals surface area contributed by atoms with Crippen molar-refractivity contribution < 1.29 is 4.79 Å². The fraction of sp³-hybridized carbons (Fsp3) is 0. The van der Waals surface area contributed by atoms with Crippen LogP contribution in [-0.2, 0) is 4.79 Å². The first-order chi connectivity index (χ1) is 2.27. The van der Waals surface area contributed by atoms with Crippen molar-refractivity contribution in [3.8, 4) is 0 Å². The Morgan fingerprint density at radius 1 is 2.00 bits per heavy atom. The van der Waals surface area contributed by atoms with Gasteiger partial charge in [0.25, 0.3) is 0 Å². The van der Waals surface area contributed by atoms with Crippen LogP contribution < -0.4 is 10.3 Å². The van der Waals surface area contributed by atoms with Gasteiger partial charge in [-0.3, -0.25) is 0 Å². The Morgan fingerprint density at radius 3 is 2.20 bits per heavy atom. The van der Waals surface area contributed by atoms with Crippen LogP contribution in [0.2, 0.25) is 0 Å². The fourth-order valence-electron chi connectivity index (χ4n) is 0. The average molecular weight is 91.1 g/mol. The van der Waals surface area contributed by atoms with E-state index < -0.39 is 0 Å². The van der Waals surface area contributed by atoms with Crippen LogP contribution in [0.15, 0.2) is 0 Å². The van der Waals surface area contributed by atoms with Crippen LogP contribution in [0.3, 0.4) is 0 Å². The Hall–Kier alpha value is -0.0600. The molecule has 0 fully saturated rings. The highest BCUT2D eigenvalue weighted by Gasteiger charge is 1.94. The van der Waals surface area contributed by atoms with Gasteiger partial charge in [-0.25, -0.2) is 4.79 Å². The zero-order chi connectivity index (χ0) is 4.28. The van der Waals surface area contributed by atoms with Gasteiger partial charge >= 0.3 is 19.2 Å². The molecular weight excluding hydrogens is 88.1 g/mol. The third-order valence-corrected chi connectivity index (χ3v) is 0.190. The molecule has 2 N–H and O–H groups in total. The Labute approximate surface area is 35.3 Å². The van der Waals surface area contributed by atoms with E-state index in [0.29, 0.717) is 10.8 Å². The summed E-state index contributed by atoms with van der Waals surface area (Å²) in [5.41, 5.74) is 0. The van der Waals surface area contributed by atoms with Crippen LogP contribution in [-0.4, -0.2) is 6.41 Å². The van der Waals surface area contributed by atoms with Gasteiger partial charge in [-0.15, -0.1) is 5.84 Å². The molecule has 0 aromatic heterocycles. The van der Waals surface area contributed by atoms with Gasteiger partial charge in [0.2, 0.25) is 0 Å². The van der Waals surface area contributed by atoms with Crippen molar-refractivity contribution in [2.45, 2.75) is 0 Å². The Bertz CT molecular complexity index is 36.6. The summed E-state index contributed by atoms with van der Waals surface area (Å²) in [5, 5.41) is 0. The standard InChI is InChI=1S/CH3N2OS/c2-3(5)1-4/h1H,2H2/q+1. The lowest BCUT2D eigenvalue weighted by Gasteiger charge is -1.66. The third-order valence-electron chi connectivity index (χ3n) is 0.104. The van der Waals surface area contributed by atoms with E-state index >= 15 is 0 Å². The lowest BCUT2D eigenvalue weighted by Crippen LogP contribution is -2.23. The van der Waals surface area contributed by atoms with Gasteiger partial charge in [0, 0.05) is 0 Å². The van der Waals surface area contributed by atoms with Crippen molar-refractivity contribution in [2.24, 2.45) is 5.84 Å². The Balaban J connectivity index is 2.83. The minimum atomic E-state index is 0.343. The van der Waals surface area contributed by atoms with E-state index in [9.17, 15) is 4.79 Å². The maximum Gasteiger partial charge on any atom is 0.385 e. The third kappa shape index (κ3) is 3.94. The number of amides is 1. The van der Waals surface area contributed by atoms with Gasteiger partial charge in [-0.2, -0.15) is 0 Å². The summed E-state index contributed by atoms with van der Waals surface area (Å²) in [7, 11) is 0. The molecule has 0 unspecified atom stereocenters. The predicted octanol–water partition coefficient (Wildman–Crippen LogP) is -0.731. The lowest BCUT2D eigenvalue weighted by atomic mass is 11.4. The molecule has 0 aliphatic rings. The molecule has 0 atom stereocenters. The minimum absolute atomic E-state index is 0.343. The maximum atomic E-state index is 9.20. The zero-order valence-corrected chi connectivity index (χ0v) is 3.23. The number of hydrogen-bond donors (Lipinski definition) is 1. The number of hydrazine groups is 1. The van der Waals surface area contributed by atoms with Gasteiger partial charge in [-0.1, -0.05) is 0 Å². The number of nitrogens with two attached hydrogens (primary N) is 1. The smallest absolute Gasteiger partial charge is 0.225 e. The number of rotatable bonds is 1. The second kappa shape index (κ2) is 2.19. The van der Waals surface area contributed by atoms with Crippen molar-refractivity contribution in [2.75, 3.05) is 0 Å². The van der Waals surface area contributed by atoms with Gasteiger partial charge < -0.3 is 0 Å². The normalized spacial score (nSPS) is 8.60. The average Bonchev–Trinajstić information content (AvgIpc) is 1.38.